The first-order chi connectivity index (χ1) is 11.4. The molecule has 0 amide bonds. The van der Waals surface area contributed by atoms with E-state index < -0.39 is 21.9 Å². The van der Waals surface area contributed by atoms with Gasteiger partial charge in [0.2, 0.25) is 10.0 Å². The van der Waals surface area contributed by atoms with Crippen LogP contribution in [0.2, 0.25) is 0 Å². The monoisotopic (exact) mass is 349 g/mol. The summed E-state index contributed by atoms with van der Waals surface area (Å²) < 4.78 is 26.7. The summed E-state index contributed by atoms with van der Waals surface area (Å²) in [5.41, 5.74) is 1.09. The maximum absolute atomic E-state index is 11.8. The number of hydrogen-bond acceptors (Lipinski definition) is 8. The first-order valence-corrected chi connectivity index (χ1v) is 8.55. The largest absolute Gasteiger partial charge is 0.468 e. The number of para-hydroxylation sites is 2. The van der Waals surface area contributed by atoms with Gasteiger partial charge >= 0.3 is 5.97 Å². The molecule has 9 nitrogen and oxygen atoms in total. The van der Waals surface area contributed by atoms with E-state index in [0.29, 0.717) is 11.0 Å². The minimum atomic E-state index is -3.66. The predicted molar refractivity (Wildman–Crippen MR) is 86.4 cm³/mol. The van der Waals surface area contributed by atoms with Crippen LogP contribution >= 0.6 is 0 Å². The van der Waals surface area contributed by atoms with Crippen molar-refractivity contribution in [2.45, 2.75) is 5.92 Å². The molecule has 0 aliphatic carbocycles. The van der Waals surface area contributed by atoms with Crippen LogP contribution in [0.5, 0.6) is 0 Å². The van der Waals surface area contributed by atoms with E-state index in [9.17, 15) is 18.5 Å². The molecular formula is C14H15N5O4S. The number of nitrogens with zero attached hydrogens (tertiary/aromatic N) is 3. The lowest BCUT2D eigenvalue weighted by Gasteiger charge is -2.14. The average molecular weight is 349 g/mol. The molecule has 0 aliphatic rings. The number of esters is 1. The fourth-order valence-corrected chi connectivity index (χ4v) is 2.39. The van der Waals surface area contributed by atoms with Gasteiger partial charge in [0, 0.05) is 6.54 Å². The number of carbonyl (C=O) groups excluding carboxylic acids is 1. The summed E-state index contributed by atoms with van der Waals surface area (Å²) in [5, 5.41) is 17.0. The molecule has 0 saturated carbocycles. The number of nitrogens with one attached hydrogen (secondary N) is 1. The normalized spacial score (nSPS) is 12.4. The molecule has 0 fully saturated rings. The highest BCUT2D eigenvalue weighted by Crippen LogP contribution is 2.24. The lowest BCUT2D eigenvalue weighted by atomic mass is 10.1. The summed E-state index contributed by atoms with van der Waals surface area (Å²) in [7, 11) is -2.50. The Morgan fingerprint density at radius 3 is 2.54 bits per heavy atom. The third-order valence-electron chi connectivity index (χ3n) is 3.12. The van der Waals surface area contributed by atoms with Crippen molar-refractivity contribution in [3.63, 3.8) is 0 Å². The molecule has 24 heavy (non-hydrogen) atoms. The Hall–Kier alpha value is -2.77. The molecule has 0 saturated heterocycles. The average Bonchev–Trinajstić information content (AvgIpc) is 2.54. The topological polar surface area (TPSA) is 148 Å². The lowest BCUT2D eigenvalue weighted by Crippen LogP contribution is -2.24. The van der Waals surface area contributed by atoms with Gasteiger partial charge in [-0.1, -0.05) is 12.1 Å². The SMILES string of the molecule is COC(=O)C(C#N)c1nc2ccccc2nc1NCCS(N)(=O)=O. The third-order valence-corrected chi connectivity index (χ3v) is 3.89. The van der Waals surface area contributed by atoms with Gasteiger partial charge < -0.3 is 10.1 Å². The predicted octanol–water partition coefficient (Wildman–Crippen LogP) is 0.110. The highest BCUT2D eigenvalue weighted by molar-refractivity contribution is 7.89. The van der Waals surface area contributed by atoms with Gasteiger partial charge in [-0.3, -0.25) is 4.79 Å². The molecule has 1 heterocycles. The van der Waals surface area contributed by atoms with Gasteiger partial charge in [-0.2, -0.15) is 5.26 Å². The highest BCUT2D eigenvalue weighted by atomic mass is 32.2. The molecule has 0 bridgehead atoms. The molecule has 126 valence electrons. The summed E-state index contributed by atoms with van der Waals surface area (Å²) in [6.45, 7) is -0.0435. The van der Waals surface area contributed by atoms with Gasteiger partial charge in [0.1, 0.15) is 5.69 Å². The molecule has 1 aromatic carbocycles. The molecule has 1 atom stereocenters. The minimum Gasteiger partial charge on any atom is -0.468 e. The number of hydrogen-bond donors (Lipinski definition) is 2. The molecule has 0 aliphatic heterocycles. The van der Waals surface area contributed by atoms with Crippen molar-refractivity contribution in [2.75, 3.05) is 24.7 Å². The van der Waals surface area contributed by atoms with Crippen LogP contribution in [0.3, 0.4) is 0 Å². The zero-order valence-electron chi connectivity index (χ0n) is 12.8. The van der Waals surface area contributed by atoms with Crippen molar-refractivity contribution in [1.82, 2.24) is 9.97 Å². The fraction of sp³-hybridized carbons (Fsp3) is 0.286. The Bertz CT molecular complexity index is 907. The van der Waals surface area contributed by atoms with Crippen LogP contribution in [-0.4, -0.2) is 43.8 Å². The highest BCUT2D eigenvalue weighted by Gasteiger charge is 2.27. The van der Waals surface area contributed by atoms with Crippen LogP contribution in [0.25, 0.3) is 11.0 Å². The molecule has 1 aromatic heterocycles. The van der Waals surface area contributed by atoms with E-state index in [-0.39, 0.29) is 23.8 Å². The molecule has 3 N–H and O–H groups in total. The summed E-state index contributed by atoms with van der Waals surface area (Å²) in [6.07, 6.45) is 0. The number of sulfonamides is 1. The molecule has 2 rings (SSSR count). The molecule has 0 spiro atoms. The first kappa shape index (κ1) is 17.6. The lowest BCUT2D eigenvalue weighted by molar-refractivity contribution is -0.141. The van der Waals surface area contributed by atoms with Gasteiger partial charge in [-0.25, -0.2) is 23.5 Å². The van der Waals surface area contributed by atoms with E-state index in [4.69, 9.17) is 5.14 Å². The zero-order valence-corrected chi connectivity index (χ0v) is 13.6. The third kappa shape index (κ3) is 4.15. The molecule has 0 radical (unpaired) electrons. The van der Waals surface area contributed by atoms with E-state index >= 15 is 0 Å². The Morgan fingerprint density at radius 2 is 2.00 bits per heavy atom. The number of carbonyl (C=O) groups is 1. The van der Waals surface area contributed by atoms with Crippen molar-refractivity contribution in [3.8, 4) is 6.07 Å². The zero-order chi connectivity index (χ0) is 17.7. The number of rotatable bonds is 6. The number of anilines is 1. The second-order valence-corrected chi connectivity index (χ2v) is 6.56. The number of aromatic nitrogens is 2. The van der Waals surface area contributed by atoms with Crippen LogP contribution in [0, 0.1) is 11.3 Å². The Kier molecular flexibility index (Phi) is 5.28. The van der Waals surface area contributed by atoms with E-state index in [2.05, 4.69) is 20.0 Å². The van der Waals surface area contributed by atoms with Crippen LogP contribution in [-0.2, 0) is 19.6 Å². The maximum atomic E-state index is 11.8. The number of primary sulfonamides is 1. The van der Waals surface area contributed by atoms with Crippen molar-refractivity contribution < 1.29 is 17.9 Å². The Labute approximate surface area is 138 Å². The summed E-state index contributed by atoms with van der Waals surface area (Å²) in [5.74, 6) is -2.27. The van der Waals surface area contributed by atoms with Crippen molar-refractivity contribution in [3.05, 3.63) is 30.0 Å². The number of nitrogens with two attached hydrogens (primary N) is 1. The van der Waals surface area contributed by atoms with Crippen LogP contribution < -0.4 is 10.5 Å². The smallest absolute Gasteiger partial charge is 0.329 e. The number of methoxy groups -OCH3 is 1. The molecule has 1 unspecified atom stereocenters. The minimum absolute atomic E-state index is 0.0435. The van der Waals surface area contributed by atoms with Gasteiger partial charge in [0.05, 0.1) is 30.0 Å². The Balaban J connectivity index is 2.47. The second kappa shape index (κ2) is 7.20. The van der Waals surface area contributed by atoms with Gasteiger partial charge in [0.25, 0.3) is 0 Å². The molecule has 10 heteroatoms. The number of fused-ring (bicyclic) bond motifs is 1. The molecule has 2 aromatic rings. The maximum Gasteiger partial charge on any atom is 0.329 e. The Morgan fingerprint density at radius 1 is 1.38 bits per heavy atom. The van der Waals surface area contributed by atoms with E-state index in [1.165, 1.54) is 0 Å². The number of ether oxygens (including phenoxy) is 1. The second-order valence-electron chi connectivity index (χ2n) is 4.83. The van der Waals surface area contributed by atoms with E-state index in [1.807, 2.05) is 6.07 Å². The van der Waals surface area contributed by atoms with Crippen molar-refractivity contribution >= 4 is 32.8 Å². The quantitative estimate of drug-likeness (QED) is 0.698. The summed E-state index contributed by atoms with van der Waals surface area (Å²) in [4.78, 5) is 20.4. The number of nitriles is 1. The van der Waals surface area contributed by atoms with Crippen LogP contribution in [0.1, 0.15) is 11.6 Å². The molecular weight excluding hydrogens is 334 g/mol. The van der Waals surface area contributed by atoms with Gasteiger partial charge in [-0.15, -0.1) is 0 Å². The van der Waals surface area contributed by atoms with Crippen molar-refractivity contribution in [1.29, 1.82) is 5.26 Å². The number of benzene rings is 1. The standard InChI is InChI=1S/C14H15N5O4S/c1-23-14(20)9(8-15)12-13(17-6-7-24(16,21)22)19-11-5-3-2-4-10(11)18-12/h2-5,9H,6-7H2,1H3,(H,17,19)(H2,16,21,22). The summed E-state index contributed by atoms with van der Waals surface area (Å²) >= 11 is 0. The summed E-state index contributed by atoms with van der Waals surface area (Å²) in [6, 6.07) is 8.71. The first-order valence-electron chi connectivity index (χ1n) is 6.84. The van der Waals surface area contributed by atoms with E-state index in [0.717, 1.165) is 7.11 Å². The van der Waals surface area contributed by atoms with Crippen molar-refractivity contribution in [2.24, 2.45) is 5.14 Å². The van der Waals surface area contributed by atoms with Crippen LogP contribution in [0.15, 0.2) is 24.3 Å². The van der Waals surface area contributed by atoms with Gasteiger partial charge in [-0.05, 0) is 12.1 Å². The van der Waals surface area contributed by atoms with E-state index in [1.54, 1.807) is 24.3 Å². The van der Waals surface area contributed by atoms with Gasteiger partial charge in [0.15, 0.2) is 11.7 Å². The fourth-order valence-electron chi connectivity index (χ4n) is 2.00. The van der Waals surface area contributed by atoms with Crippen LogP contribution in [0.4, 0.5) is 5.82 Å².